The van der Waals surface area contributed by atoms with Crippen molar-refractivity contribution in [2.24, 2.45) is 0 Å². The van der Waals surface area contributed by atoms with Gasteiger partial charge in [0.1, 0.15) is 0 Å². The Morgan fingerprint density at radius 3 is 1.52 bits per heavy atom. The molecule has 0 saturated carbocycles. The van der Waals surface area contributed by atoms with E-state index in [0.717, 1.165) is 12.8 Å². The van der Waals surface area contributed by atoms with Crippen molar-refractivity contribution in [3.63, 3.8) is 0 Å². The molecule has 0 radical (unpaired) electrons. The minimum Gasteiger partial charge on any atom is -0.311 e. The van der Waals surface area contributed by atoms with Crippen LogP contribution in [0.15, 0.2) is 164 Å². The highest BCUT2D eigenvalue weighted by atomic mass is 15.2. The number of rotatable bonds is 6. The number of benzene rings is 8. The van der Waals surface area contributed by atoms with Gasteiger partial charge in [-0.1, -0.05) is 213 Å². The van der Waals surface area contributed by atoms with Crippen LogP contribution < -0.4 is 26.2 Å². The van der Waals surface area contributed by atoms with Crippen molar-refractivity contribution >= 4 is 57.2 Å². The molecular weight excluding hydrogens is 904 g/mol. The van der Waals surface area contributed by atoms with E-state index in [1.807, 2.05) is 0 Å². The maximum absolute atomic E-state index is 2.70. The first-order valence-electron chi connectivity index (χ1n) is 27.8. The highest BCUT2D eigenvalue weighted by Crippen LogP contribution is 2.52. The van der Waals surface area contributed by atoms with Crippen molar-refractivity contribution in [2.75, 3.05) is 9.80 Å². The predicted molar refractivity (Wildman–Crippen MR) is 326 cm³/mol. The summed E-state index contributed by atoms with van der Waals surface area (Å²) in [5.41, 5.74) is 27.1. The van der Waals surface area contributed by atoms with E-state index in [1.54, 1.807) is 0 Å². The van der Waals surface area contributed by atoms with Crippen molar-refractivity contribution < 1.29 is 0 Å². The summed E-state index contributed by atoms with van der Waals surface area (Å²) in [4.78, 5) is 5.29. The summed E-state index contributed by atoms with van der Waals surface area (Å²) in [7, 11) is 0. The third-order valence-electron chi connectivity index (χ3n) is 17.8. The Morgan fingerprint density at radius 2 is 0.907 bits per heavy atom. The lowest BCUT2D eigenvalue weighted by atomic mass is 9.33. The Hall–Kier alpha value is -6.58. The largest absolute Gasteiger partial charge is 0.311 e. The molecule has 1 aliphatic carbocycles. The van der Waals surface area contributed by atoms with Crippen LogP contribution in [0.4, 0.5) is 34.1 Å². The first-order valence-corrected chi connectivity index (χ1v) is 27.8. The lowest BCUT2D eigenvalue weighted by Gasteiger charge is -2.48. The highest BCUT2D eigenvalue weighted by molar-refractivity contribution is 7.00. The fraction of sp³-hybridized carbons (Fsp3) is 0.333. The minimum atomic E-state index is -0.232. The molecule has 2 heterocycles. The first kappa shape index (κ1) is 50.6. The molecule has 0 aromatic heterocycles. The van der Waals surface area contributed by atoms with Gasteiger partial charge in [-0.05, 0) is 179 Å². The summed E-state index contributed by atoms with van der Waals surface area (Å²) in [5.74, 6) is 0. The molecule has 2 nitrogen and oxygen atoms in total. The Balaban J connectivity index is 1.23. The normalized spacial score (nSPS) is 15.8. The molecular formula is C72H79BN2. The summed E-state index contributed by atoms with van der Waals surface area (Å²) < 4.78 is 0. The molecule has 0 N–H and O–H groups in total. The van der Waals surface area contributed by atoms with Crippen LogP contribution in [0.3, 0.4) is 0 Å². The number of hydrogen-bond donors (Lipinski definition) is 0. The number of anilines is 6. The zero-order valence-corrected chi connectivity index (χ0v) is 48.0. The third-order valence-corrected chi connectivity index (χ3v) is 17.8. The van der Waals surface area contributed by atoms with Gasteiger partial charge >= 0.3 is 0 Å². The van der Waals surface area contributed by atoms with Crippen LogP contribution in [0.1, 0.15) is 161 Å². The second-order valence-corrected chi connectivity index (χ2v) is 27.5. The molecule has 0 amide bonds. The molecule has 3 aliphatic rings. The van der Waals surface area contributed by atoms with Gasteiger partial charge in [0.05, 0.1) is 5.69 Å². The van der Waals surface area contributed by atoms with Gasteiger partial charge in [0.2, 0.25) is 0 Å². The number of aryl methyl sites for hydroxylation is 1. The summed E-state index contributed by atoms with van der Waals surface area (Å²) in [6, 6.07) is 64.2. The monoisotopic (exact) mass is 983 g/mol. The number of nitrogens with zero attached hydrogens (tertiary/aromatic N) is 2. The molecule has 380 valence electrons. The van der Waals surface area contributed by atoms with Crippen LogP contribution in [0.5, 0.6) is 0 Å². The zero-order chi connectivity index (χ0) is 53.4. The SMILES string of the molecule is Cc1cc2c3c(c1)N(c1ccc(C(C)(C)C)cc1-c1cccc(-c4ccc(C(C)(C)C)cc4)c1)c1cc4c(cc1B3c1cc(C(C)(C)c3ccccc3)ccc1N2c1ccc(C(C)(C)C)cc1)C(C)(C)CCC4(C)C. The van der Waals surface area contributed by atoms with E-state index >= 15 is 0 Å². The Kier molecular flexibility index (Phi) is 11.8. The predicted octanol–water partition coefficient (Wildman–Crippen LogP) is 18.0. The topological polar surface area (TPSA) is 6.48 Å². The summed E-state index contributed by atoms with van der Waals surface area (Å²) in [5, 5.41) is 0. The second-order valence-electron chi connectivity index (χ2n) is 27.5. The third kappa shape index (κ3) is 8.67. The quantitative estimate of drug-likeness (QED) is 0.153. The van der Waals surface area contributed by atoms with Gasteiger partial charge in [-0.25, -0.2) is 0 Å². The lowest BCUT2D eigenvalue weighted by molar-refractivity contribution is 0.332. The van der Waals surface area contributed by atoms with E-state index in [-0.39, 0.29) is 39.2 Å². The van der Waals surface area contributed by atoms with Crippen LogP contribution in [-0.4, -0.2) is 6.71 Å². The average molecular weight is 983 g/mol. The van der Waals surface area contributed by atoms with E-state index in [0.29, 0.717) is 0 Å². The Bertz CT molecular complexity index is 3510. The van der Waals surface area contributed by atoms with Crippen molar-refractivity contribution in [3.8, 4) is 22.3 Å². The molecule has 3 heteroatoms. The van der Waals surface area contributed by atoms with Gasteiger partial charge < -0.3 is 9.80 Å². The van der Waals surface area contributed by atoms with Gasteiger partial charge in [-0.15, -0.1) is 0 Å². The summed E-state index contributed by atoms with van der Waals surface area (Å²) >= 11 is 0. The standard InChI is InChI=1S/C72H79BN2/c1-46-39-64-66-65(40-46)75(61-35-31-53(69(8,9)10)42-56(61)49-22-20-21-48(41-49)47-25-27-50(28-26-47)67(2,3)4)63-45-58-57(70(11,12)37-38-71(58,13)14)44-60(63)73(66)59-43-54(72(15,16)52-23-18-17-19-24-52)32-36-62(59)74(64)55-33-29-51(30-34-55)68(5,6)7/h17-36,39-45H,37-38H2,1-16H3. The van der Waals surface area contributed by atoms with Gasteiger partial charge in [0.15, 0.2) is 0 Å². The molecule has 0 fully saturated rings. The zero-order valence-electron chi connectivity index (χ0n) is 48.0. The van der Waals surface area contributed by atoms with Gasteiger partial charge in [0.25, 0.3) is 6.71 Å². The van der Waals surface area contributed by atoms with Crippen LogP contribution >= 0.6 is 0 Å². The van der Waals surface area contributed by atoms with E-state index in [2.05, 4.69) is 284 Å². The van der Waals surface area contributed by atoms with Gasteiger partial charge in [0, 0.05) is 39.4 Å². The molecule has 0 spiro atoms. The molecule has 75 heavy (non-hydrogen) atoms. The van der Waals surface area contributed by atoms with E-state index in [9.17, 15) is 0 Å². The maximum Gasteiger partial charge on any atom is 0.252 e. The van der Waals surface area contributed by atoms with Crippen LogP contribution in [0, 0.1) is 6.92 Å². The average Bonchev–Trinajstić information content (AvgIpc) is 3.36. The fourth-order valence-electron chi connectivity index (χ4n) is 12.7. The van der Waals surface area contributed by atoms with Crippen molar-refractivity contribution in [2.45, 2.75) is 156 Å². The number of hydrogen-bond acceptors (Lipinski definition) is 2. The van der Waals surface area contributed by atoms with Crippen molar-refractivity contribution in [3.05, 3.63) is 208 Å². The van der Waals surface area contributed by atoms with Crippen LogP contribution in [0.25, 0.3) is 22.3 Å². The van der Waals surface area contributed by atoms with E-state index in [1.165, 1.54) is 117 Å². The Morgan fingerprint density at radius 1 is 0.387 bits per heavy atom. The molecule has 0 atom stereocenters. The van der Waals surface area contributed by atoms with Gasteiger partial charge in [-0.3, -0.25) is 0 Å². The molecule has 8 aromatic carbocycles. The summed E-state index contributed by atoms with van der Waals surface area (Å²) in [6.07, 6.45) is 2.30. The number of fused-ring (bicyclic) bond motifs is 5. The summed E-state index contributed by atoms with van der Waals surface area (Å²) in [6.45, 7) is 37.9. The molecule has 0 saturated heterocycles. The Labute approximate surface area is 451 Å². The molecule has 2 aliphatic heterocycles. The maximum atomic E-state index is 2.70. The van der Waals surface area contributed by atoms with Gasteiger partial charge in [-0.2, -0.15) is 0 Å². The molecule has 0 unspecified atom stereocenters. The fourth-order valence-corrected chi connectivity index (χ4v) is 12.7. The lowest BCUT2D eigenvalue weighted by Crippen LogP contribution is -2.62. The van der Waals surface area contributed by atoms with Crippen molar-refractivity contribution in [1.82, 2.24) is 0 Å². The van der Waals surface area contributed by atoms with E-state index < -0.39 is 0 Å². The molecule has 0 bridgehead atoms. The minimum absolute atomic E-state index is 0.00670. The molecule has 11 rings (SSSR count). The van der Waals surface area contributed by atoms with Crippen molar-refractivity contribution in [1.29, 1.82) is 0 Å². The van der Waals surface area contributed by atoms with E-state index in [4.69, 9.17) is 0 Å². The smallest absolute Gasteiger partial charge is 0.252 e. The molecule has 8 aromatic rings. The highest BCUT2D eigenvalue weighted by Gasteiger charge is 2.47. The van der Waals surface area contributed by atoms with Crippen LogP contribution in [-0.2, 0) is 32.5 Å². The van der Waals surface area contributed by atoms with Crippen LogP contribution in [0.2, 0.25) is 0 Å². The first-order chi connectivity index (χ1) is 35.2. The second kappa shape index (κ2) is 17.5.